The summed E-state index contributed by atoms with van der Waals surface area (Å²) in [4.78, 5) is 11.0. The van der Waals surface area contributed by atoms with Gasteiger partial charge in [0.2, 0.25) is 0 Å². The topological polar surface area (TPSA) is 55.8 Å². The Kier molecular flexibility index (Phi) is 1.77. The quantitative estimate of drug-likeness (QED) is 0.671. The summed E-state index contributed by atoms with van der Waals surface area (Å²) in [5.74, 6) is 0.133. The molecule has 0 saturated heterocycles. The molecular weight excluding hydrogens is 208 g/mol. The number of para-hydroxylation sites is 1. The van der Waals surface area contributed by atoms with Crippen LogP contribution in [-0.4, -0.2) is 17.4 Å². The van der Waals surface area contributed by atoms with E-state index < -0.39 is 12.3 Å². The van der Waals surface area contributed by atoms with Crippen molar-refractivity contribution in [2.75, 3.05) is 0 Å². The van der Waals surface area contributed by atoms with Crippen LogP contribution in [-0.2, 0) is 9.53 Å². The lowest BCUT2D eigenvalue weighted by molar-refractivity contribution is -0.154. The molecule has 2 aliphatic heterocycles. The summed E-state index contributed by atoms with van der Waals surface area (Å²) in [6.07, 6.45) is 1.94. The van der Waals surface area contributed by atoms with E-state index in [1.54, 1.807) is 24.3 Å². The zero-order valence-corrected chi connectivity index (χ0v) is 8.21. The zero-order chi connectivity index (χ0) is 11.1. The standard InChI is InChI=1S/C12H8O4/c13-10-6-5-8-11(14)7-3-1-2-4-9(7)15-12(8)16-10/h1-6,12,14H. The molecule has 1 atom stereocenters. The summed E-state index contributed by atoms with van der Waals surface area (Å²) in [6.45, 7) is 0. The van der Waals surface area contributed by atoms with Gasteiger partial charge < -0.3 is 14.6 Å². The van der Waals surface area contributed by atoms with Gasteiger partial charge in [0.25, 0.3) is 6.29 Å². The van der Waals surface area contributed by atoms with Crippen molar-refractivity contribution in [3.63, 3.8) is 0 Å². The number of carbonyl (C=O) groups is 1. The van der Waals surface area contributed by atoms with Crippen molar-refractivity contribution in [2.45, 2.75) is 6.29 Å². The summed E-state index contributed by atoms with van der Waals surface area (Å²) in [6, 6.07) is 7.06. The van der Waals surface area contributed by atoms with Crippen LogP contribution in [0.1, 0.15) is 5.56 Å². The molecule has 1 N–H and O–H groups in total. The van der Waals surface area contributed by atoms with Crippen LogP contribution in [0.3, 0.4) is 0 Å². The third-order valence-electron chi connectivity index (χ3n) is 2.53. The molecular formula is C12H8O4. The second kappa shape index (κ2) is 3.13. The van der Waals surface area contributed by atoms with Gasteiger partial charge in [0.15, 0.2) is 0 Å². The SMILES string of the molecule is O=C1C=CC2=C(O)c3ccccc3OC2O1. The van der Waals surface area contributed by atoms with Gasteiger partial charge in [-0.3, -0.25) is 0 Å². The second-order valence-corrected chi connectivity index (χ2v) is 3.52. The van der Waals surface area contributed by atoms with Crippen molar-refractivity contribution in [1.29, 1.82) is 0 Å². The van der Waals surface area contributed by atoms with Crippen molar-refractivity contribution in [3.05, 3.63) is 47.6 Å². The molecule has 0 aromatic heterocycles. The predicted molar refractivity (Wildman–Crippen MR) is 55.6 cm³/mol. The number of ether oxygens (including phenoxy) is 2. The minimum absolute atomic E-state index is 0.0931. The van der Waals surface area contributed by atoms with Gasteiger partial charge in [-0.1, -0.05) is 12.1 Å². The Labute approximate surface area is 91.4 Å². The molecule has 0 bridgehead atoms. The second-order valence-electron chi connectivity index (χ2n) is 3.52. The van der Waals surface area contributed by atoms with Crippen LogP contribution in [0.15, 0.2) is 42.0 Å². The van der Waals surface area contributed by atoms with E-state index in [0.717, 1.165) is 0 Å². The Morgan fingerprint density at radius 2 is 1.94 bits per heavy atom. The van der Waals surface area contributed by atoms with E-state index in [4.69, 9.17) is 9.47 Å². The first kappa shape index (κ1) is 9.03. The molecule has 4 heteroatoms. The molecule has 0 fully saturated rings. The van der Waals surface area contributed by atoms with Gasteiger partial charge in [-0.15, -0.1) is 0 Å². The smallest absolute Gasteiger partial charge is 0.334 e. The largest absolute Gasteiger partial charge is 0.507 e. The Balaban J connectivity index is 2.18. The number of hydrogen-bond acceptors (Lipinski definition) is 4. The molecule has 0 saturated carbocycles. The molecule has 0 spiro atoms. The van der Waals surface area contributed by atoms with E-state index >= 15 is 0 Å². The number of carbonyl (C=O) groups excluding carboxylic acids is 1. The van der Waals surface area contributed by atoms with Crippen molar-refractivity contribution >= 4 is 11.7 Å². The van der Waals surface area contributed by atoms with E-state index in [1.807, 2.05) is 0 Å². The number of benzene rings is 1. The van der Waals surface area contributed by atoms with Gasteiger partial charge in [-0.05, 0) is 18.2 Å². The summed E-state index contributed by atoms with van der Waals surface area (Å²) in [5, 5.41) is 10.00. The maximum absolute atomic E-state index is 11.0. The van der Waals surface area contributed by atoms with Gasteiger partial charge in [-0.2, -0.15) is 0 Å². The van der Waals surface area contributed by atoms with Gasteiger partial charge >= 0.3 is 5.97 Å². The fourth-order valence-electron chi connectivity index (χ4n) is 1.76. The molecule has 1 unspecified atom stereocenters. The molecule has 0 radical (unpaired) electrons. The van der Waals surface area contributed by atoms with Crippen LogP contribution < -0.4 is 4.74 Å². The highest BCUT2D eigenvalue weighted by atomic mass is 16.7. The van der Waals surface area contributed by atoms with E-state index in [-0.39, 0.29) is 5.76 Å². The summed E-state index contributed by atoms with van der Waals surface area (Å²) in [5.41, 5.74) is 1.08. The lowest BCUT2D eigenvalue weighted by Gasteiger charge is -2.28. The fraction of sp³-hybridized carbons (Fsp3) is 0.0833. The summed E-state index contributed by atoms with van der Waals surface area (Å²) in [7, 11) is 0. The normalized spacial score (nSPS) is 22.0. The molecule has 1 aromatic rings. The third-order valence-corrected chi connectivity index (χ3v) is 2.53. The van der Waals surface area contributed by atoms with Crippen LogP contribution in [0.2, 0.25) is 0 Å². The molecule has 0 amide bonds. The maximum Gasteiger partial charge on any atom is 0.334 e. The Bertz CT molecular complexity index is 528. The zero-order valence-electron chi connectivity index (χ0n) is 8.21. The predicted octanol–water partition coefficient (Wildman–Crippen LogP) is 1.79. The van der Waals surface area contributed by atoms with Crippen LogP contribution in [0.25, 0.3) is 5.76 Å². The van der Waals surface area contributed by atoms with Crippen LogP contribution in [0, 0.1) is 0 Å². The lowest BCUT2D eigenvalue weighted by Crippen LogP contribution is -2.31. The van der Waals surface area contributed by atoms with Gasteiger partial charge in [0.1, 0.15) is 11.5 Å². The summed E-state index contributed by atoms with van der Waals surface area (Å²) >= 11 is 0. The average Bonchev–Trinajstić information content (AvgIpc) is 2.29. The molecule has 80 valence electrons. The first-order valence-electron chi connectivity index (χ1n) is 4.83. The molecule has 3 rings (SSSR count). The van der Waals surface area contributed by atoms with Gasteiger partial charge in [0, 0.05) is 6.08 Å². The highest BCUT2D eigenvalue weighted by Gasteiger charge is 2.31. The molecule has 16 heavy (non-hydrogen) atoms. The molecule has 0 aliphatic carbocycles. The van der Waals surface area contributed by atoms with E-state index in [9.17, 15) is 9.90 Å². The number of fused-ring (bicyclic) bond motifs is 2. The van der Waals surface area contributed by atoms with Crippen molar-refractivity contribution < 1.29 is 19.4 Å². The minimum atomic E-state index is -0.840. The molecule has 2 heterocycles. The van der Waals surface area contributed by atoms with E-state index in [1.165, 1.54) is 12.2 Å². The van der Waals surface area contributed by atoms with Gasteiger partial charge in [-0.25, -0.2) is 4.79 Å². The van der Waals surface area contributed by atoms with Gasteiger partial charge in [0.05, 0.1) is 11.1 Å². The number of hydrogen-bond donors (Lipinski definition) is 1. The Morgan fingerprint density at radius 1 is 1.12 bits per heavy atom. The number of aliphatic hydroxyl groups excluding tert-OH is 1. The van der Waals surface area contributed by atoms with Crippen LogP contribution in [0.5, 0.6) is 5.75 Å². The van der Waals surface area contributed by atoms with Crippen molar-refractivity contribution in [2.24, 2.45) is 0 Å². The Morgan fingerprint density at radius 3 is 2.81 bits per heavy atom. The third kappa shape index (κ3) is 1.20. The van der Waals surface area contributed by atoms with Crippen LogP contribution in [0.4, 0.5) is 0 Å². The highest BCUT2D eigenvalue weighted by molar-refractivity contribution is 5.86. The maximum atomic E-state index is 11.0. The van der Waals surface area contributed by atoms with E-state index in [0.29, 0.717) is 16.9 Å². The first-order valence-corrected chi connectivity index (χ1v) is 4.83. The van der Waals surface area contributed by atoms with Crippen molar-refractivity contribution in [1.82, 2.24) is 0 Å². The Hall–Kier alpha value is -2.23. The number of esters is 1. The lowest BCUT2D eigenvalue weighted by atomic mass is 10.0. The first-order chi connectivity index (χ1) is 7.75. The molecule has 2 aliphatic rings. The summed E-state index contributed by atoms with van der Waals surface area (Å²) < 4.78 is 10.4. The number of rotatable bonds is 0. The highest BCUT2D eigenvalue weighted by Crippen LogP contribution is 2.36. The van der Waals surface area contributed by atoms with Crippen LogP contribution >= 0.6 is 0 Å². The monoisotopic (exact) mass is 216 g/mol. The number of aliphatic hydroxyl groups is 1. The fourth-order valence-corrected chi connectivity index (χ4v) is 1.76. The van der Waals surface area contributed by atoms with E-state index in [2.05, 4.69) is 0 Å². The minimum Gasteiger partial charge on any atom is -0.507 e. The molecule has 1 aromatic carbocycles. The average molecular weight is 216 g/mol. The van der Waals surface area contributed by atoms with Crippen molar-refractivity contribution in [3.8, 4) is 5.75 Å². The molecule has 4 nitrogen and oxygen atoms in total.